The first-order chi connectivity index (χ1) is 11.8. The fourth-order valence-electron chi connectivity index (χ4n) is 3.34. The maximum absolute atomic E-state index is 13.8. The van der Waals surface area contributed by atoms with E-state index in [2.05, 4.69) is 16.0 Å². The number of amides is 2. The molecule has 9 heteroatoms. The van der Waals surface area contributed by atoms with Crippen molar-refractivity contribution in [2.75, 3.05) is 18.4 Å². The zero-order valence-electron chi connectivity index (χ0n) is 13.5. The van der Waals surface area contributed by atoms with Crippen LogP contribution >= 0.6 is 0 Å². The quantitative estimate of drug-likeness (QED) is 0.541. The molecule has 2 aliphatic rings. The number of nitrogens with one attached hydrogen (secondary N) is 3. The van der Waals surface area contributed by atoms with Crippen LogP contribution in [0.15, 0.2) is 23.1 Å². The van der Waals surface area contributed by atoms with Crippen molar-refractivity contribution in [1.82, 2.24) is 10.6 Å². The highest BCUT2D eigenvalue weighted by atomic mass is 32.3. The Morgan fingerprint density at radius 3 is 2.48 bits per heavy atom. The van der Waals surface area contributed by atoms with Gasteiger partial charge in [-0.1, -0.05) is 6.07 Å². The summed E-state index contributed by atoms with van der Waals surface area (Å²) in [6.07, 6.45) is 1.98. The van der Waals surface area contributed by atoms with Crippen molar-refractivity contribution >= 4 is 27.7 Å². The van der Waals surface area contributed by atoms with Crippen molar-refractivity contribution in [3.05, 3.63) is 23.8 Å². The molecule has 3 N–H and O–H groups in total. The Bertz CT molecular complexity index is 791. The molecule has 1 unspecified atom stereocenters. The molecule has 0 saturated carbocycles. The second-order valence-corrected chi connectivity index (χ2v) is 7.68. The van der Waals surface area contributed by atoms with Gasteiger partial charge < -0.3 is 10.6 Å². The fraction of sp³-hybridized carbons (Fsp3) is 0.500. The summed E-state index contributed by atoms with van der Waals surface area (Å²) < 4.78 is 37.1. The molecule has 1 aromatic carbocycles. The lowest BCUT2D eigenvalue weighted by Gasteiger charge is -2.26. The number of anilines is 1. The summed E-state index contributed by atoms with van der Waals surface area (Å²) in [5, 5.41) is 8.29. The number of halogens is 1. The summed E-state index contributed by atoms with van der Waals surface area (Å²) in [5.74, 6) is -0.828. The summed E-state index contributed by atoms with van der Waals surface area (Å²) in [6, 6.07) is 3.83. The van der Waals surface area contributed by atoms with Crippen LogP contribution in [0.5, 0.6) is 0 Å². The topological polar surface area (TPSA) is 104 Å². The van der Waals surface area contributed by atoms with E-state index in [0.717, 1.165) is 25.9 Å². The van der Waals surface area contributed by atoms with E-state index < -0.39 is 22.2 Å². The molecule has 2 amide bonds. The molecule has 2 saturated heterocycles. The van der Waals surface area contributed by atoms with Crippen LogP contribution < -0.4 is 16.0 Å². The molecular weight excluding hydrogens is 349 g/mol. The molecule has 0 radical (unpaired) electrons. The minimum Gasteiger partial charge on any atom is -0.374 e. The first-order valence-corrected chi connectivity index (χ1v) is 9.62. The fourth-order valence-corrected chi connectivity index (χ4v) is 4.12. The summed E-state index contributed by atoms with van der Waals surface area (Å²) in [4.78, 5) is 22.6. The second kappa shape index (κ2) is 7.09. The number of hydrogen-bond donors (Lipinski definition) is 3. The van der Waals surface area contributed by atoms with E-state index in [1.165, 1.54) is 6.07 Å². The van der Waals surface area contributed by atoms with Gasteiger partial charge in [0.2, 0.25) is 11.8 Å². The van der Waals surface area contributed by atoms with Crippen molar-refractivity contribution in [3.63, 3.8) is 0 Å². The molecule has 1 atom stereocenters. The van der Waals surface area contributed by atoms with Crippen LogP contribution in [0.3, 0.4) is 0 Å². The van der Waals surface area contributed by atoms with Gasteiger partial charge in [-0.25, -0.2) is 0 Å². The normalized spacial score (nSPS) is 22.5. The zero-order chi connectivity index (χ0) is 18.0. The number of imide groups is 1. The second-order valence-electron chi connectivity index (χ2n) is 6.36. The molecule has 0 aliphatic carbocycles. The van der Waals surface area contributed by atoms with Crippen molar-refractivity contribution in [2.24, 2.45) is 0 Å². The third-order valence-electron chi connectivity index (χ3n) is 4.64. The summed E-state index contributed by atoms with van der Waals surface area (Å²) in [6.45, 7) is 1.51. The first-order valence-electron chi connectivity index (χ1n) is 8.24. The SMILES string of the molecule is O=C1CCC(Nc2ccc(C3CCNCC3)c(S(=O)(=O)F)c2)C(=O)N1. The van der Waals surface area contributed by atoms with Crippen LogP contribution in [-0.4, -0.2) is 39.4 Å². The average molecular weight is 369 g/mol. The van der Waals surface area contributed by atoms with Crippen LogP contribution in [0.2, 0.25) is 0 Å². The van der Waals surface area contributed by atoms with Gasteiger partial charge in [0.05, 0.1) is 0 Å². The Kier molecular flexibility index (Phi) is 5.05. The van der Waals surface area contributed by atoms with E-state index >= 15 is 0 Å². The minimum absolute atomic E-state index is 0.0218. The zero-order valence-corrected chi connectivity index (χ0v) is 14.4. The van der Waals surface area contributed by atoms with E-state index in [0.29, 0.717) is 17.7 Å². The lowest BCUT2D eigenvalue weighted by molar-refractivity contribution is -0.133. The van der Waals surface area contributed by atoms with Gasteiger partial charge in [-0.3, -0.25) is 14.9 Å². The van der Waals surface area contributed by atoms with Crippen molar-refractivity contribution in [3.8, 4) is 0 Å². The molecule has 0 bridgehead atoms. The monoisotopic (exact) mass is 369 g/mol. The van der Waals surface area contributed by atoms with E-state index in [1.54, 1.807) is 12.1 Å². The van der Waals surface area contributed by atoms with Gasteiger partial charge in [-0.2, -0.15) is 8.42 Å². The molecule has 2 fully saturated rings. The van der Waals surface area contributed by atoms with Crippen LogP contribution in [0.25, 0.3) is 0 Å². The number of carbonyl (C=O) groups is 2. The highest BCUT2D eigenvalue weighted by molar-refractivity contribution is 7.86. The van der Waals surface area contributed by atoms with Crippen molar-refractivity contribution in [2.45, 2.75) is 42.5 Å². The molecule has 1 aromatic rings. The molecule has 25 heavy (non-hydrogen) atoms. The molecule has 7 nitrogen and oxygen atoms in total. The van der Waals surface area contributed by atoms with Crippen LogP contribution in [0, 0.1) is 0 Å². The van der Waals surface area contributed by atoms with E-state index in [4.69, 9.17) is 0 Å². The summed E-state index contributed by atoms with van der Waals surface area (Å²) in [7, 11) is -4.88. The van der Waals surface area contributed by atoms with Crippen LogP contribution in [0.4, 0.5) is 9.57 Å². The van der Waals surface area contributed by atoms with Crippen LogP contribution in [-0.2, 0) is 19.8 Å². The lowest BCUT2D eigenvalue weighted by Crippen LogP contribution is -2.47. The van der Waals surface area contributed by atoms with Gasteiger partial charge in [-0.15, -0.1) is 3.89 Å². The van der Waals surface area contributed by atoms with Gasteiger partial charge >= 0.3 is 10.2 Å². The van der Waals surface area contributed by atoms with E-state index in [9.17, 15) is 21.9 Å². The number of hydrogen-bond acceptors (Lipinski definition) is 6. The highest BCUT2D eigenvalue weighted by Crippen LogP contribution is 2.33. The Morgan fingerprint density at radius 2 is 1.84 bits per heavy atom. The third-order valence-corrected chi connectivity index (χ3v) is 5.51. The smallest absolute Gasteiger partial charge is 0.332 e. The van der Waals surface area contributed by atoms with Gasteiger partial charge in [0.25, 0.3) is 0 Å². The van der Waals surface area contributed by atoms with Gasteiger partial charge in [-0.05, 0) is 56.0 Å². The van der Waals surface area contributed by atoms with Crippen molar-refractivity contribution in [1.29, 1.82) is 0 Å². The molecule has 2 aliphatic heterocycles. The van der Waals surface area contributed by atoms with Gasteiger partial charge in [0, 0.05) is 12.1 Å². The Balaban J connectivity index is 1.86. The highest BCUT2D eigenvalue weighted by Gasteiger charge is 2.28. The number of carbonyl (C=O) groups excluding carboxylic acids is 2. The van der Waals surface area contributed by atoms with Crippen molar-refractivity contribution < 1.29 is 21.9 Å². The molecule has 136 valence electrons. The number of rotatable bonds is 4. The summed E-state index contributed by atoms with van der Waals surface area (Å²) in [5.41, 5.74) is 0.807. The third kappa shape index (κ3) is 4.16. The molecule has 0 aromatic heterocycles. The maximum Gasteiger partial charge on any atom is 0.332 e. The average Bonchev–Trinajstić information content (AvgIpc) is 2.57. The van der Waals surface area contributed by atoms with Crippen LogP contribution in [0.1, 0.15) is 37.2 Å². The summed E-state index contributed by atoms with van der Waals surface area (Å²) >= 11 is 0. The van der Waals surface area contributed by atoms with E-state index in [1.807, 2.05) is 0 Å². The number of piperidine rings is 2. The molecule has 0 spiro atoms. The minimum atomic E-state index is -4.88. The maximum atomic E-state index is 13.8. The van der Waals surface area contributed by atoms with Gasteiger partial charge in [0.1, 0.15) is 10.9 Å². The predicted molar refractivity (Wildman–Crippen MR) is 89.4 cm³/mol. The first kappa shape index (κ1) is 17.8. The molecule has 3 rings (SSSR count). The predicted octanol–water partition coefficient (Wildman–Crippen LogP) is 1.03. The Morgan fingerprint density at radius 1 is 1.12 bits per heavy atom. The molecular formula is C16H20FN3O4S. The van der Waals surface area contributed by atoms with E-state index in [-0.39, 0.29) is 23.1 Å². The molecule has 2 heterocycles. The Hall–Kier alpha value is -2.00. The lowest BCUT2D eigenvalue weighted by atomic mass is 9.90. The Labute approximate surface area is 145 Å². The number of benzene rings is 1. The standard InChI is InChI=1S/C16H20FN3O4S/c17-25(23,24)14-9-11(19-13-3-4-15(21)20-16(13)22)1-2-12(14)10-5-7-18-8-6-10/h1-2,9-10,13,18-19H,3-8H2,(H,20,21,22). The largest absolute Gasteiger partial charge is 0.374 e. The van der Waals surface area contributed by atoms with Gasteiger partial charge in [0.15, 0.2) is 0 Å².